The Morgan fingerprint density at radius 3 is 2.61 bits per heavy atom. The molecule has 5 aromatic rings. The fourth-order valence-corrected chi connectivity index (χ4v) is 4.33. The molecule has 0 atom stereocenters. The molecule has 9 heteroatoms. The van der Waals surface area contributed by atoms with Crippen LogP contribution in [0.5, 0.6) is 11.6 Å². The van der Waals surface area contributed by atoms with Crippen LogP contribution in [-0.4, -0.2) is 27.7 Å². The summed E-state index contributed by atoms with van der Waals surface area (Å²) in [7, 11) is 1.58. The molecule has 0 unspecified atom stereocenters. The number of anilines is 1. The predicted molar refractivity (Wildman–Crippen MR) is 129 cm³/mol. The van der Waals surface area contributed by atoms with Gasteiger partial charge in [0, 0.05) is 11.1 Å². The first-order chi connectivity index (χ1) is 16.1. The number of carbonyl (C=O) groups is 1. The number of thiazole rings is 1. The standard InChI is InChI=1S/C24H19N5O3S/c1-32-16-12-10-15(11-13-16)25-21(30)14-29-19-8-4-2-6-17(19)22(23(29)31)27-28-24-26-18-7-3-5-9-20(18)33-24/h2-13,31H,14H2,1H3,(H,25,30). The highest BCUT2D eigenvalue weighted by Gasteiger charge is 2.18. The van der Waals surface area contributed by atoms with Gasteiger partial charge in [-0.15, -0.1) is 10.2 Å². The lowest BCUT2D eigenvalue weighted by Crippen LogP contribution is -2.18. The molecule has 0 bridgehead atoms. The van der Waals surface area contributed by atoms with Gasteiger partial charge in [0.25, 0.3) is 0 Å². The zero-order valence-corrected chi connectivity index (χ0v) is 18.4. The van der Waals surface area contributed by atoms with Crippen molar-refractivity contribution in [2.24, 2.45) is 10.2 Å². The SMILES string of the molecule is COc1ccc(NC(=O)Cn2c(O)c(N=Nc3nc4ccccc4s3)c3ccccc32)cc1. The highest BCUT2D eigenvalue weighted by atomic mass is 32.1. The quantitative estimate of drug-likeness (QED) is 0.304. The van der Waals surface area contributed by atoms with Crippen molar-refractivity contribution in [3.05, 3.63) is 72.8 Å². The van der Waals surface area contributed by atoms with E-state index in [0.717, 1.165) is 10.2 Å². The third kappa shape index (κ3) is 4.13. The molecule has 0 spiro atoms. The lowest BCUT2D eigenvalue weighted by atomic mass is 10.2. The lowest BCUT2D eigenvalue weighted by molar-refractivity contribution is -0.116. The number of methoxy groups -OCH3 is 1. The largest absolute Gasteiger partial charge is 0.497 e. The van der Waals surface area contributed by atoms with Gasteiger partial charge in [-0.25, -0.2) is 4.98 Å². The molecule has 0 aliphatic rings. The van der Waals surface area contributed by atoms with E-state index in [2.05, 4.69) is 20.5 Å². The van der Waals surface area contributed by atoms with Crippen LogP contribution in [-0.2, 0) is 11.3 Å². The van der Waals surface area contributed by atoms with Crippen LogP contribution in [0.1, 0.15) is 0 Å². The van der Waals surface area contributed by atoms with Crippen molar-refractivity contribution in [1.82, 2.24) is 9.55 Å². The van der Waals surface area contributed by atoms with Crippen molar-refractivity contribution >= 4 is 54.9 Å². The second-order valence-corrected chi connectivity index (χ2v) is 8.23. The van der Waals surface area contributed by atoms with Crippen LogP contribution in [0, 0.1) is 0 Å². The molecule has 33 heavy (non-hydrogen) atoms. The molecular formula is C24H19N5O3S. The number of hydrogen-bond donors (Lipinski definition) is 2. The summed E-state index contributed by atoms with van der Waals surface area (Å²) in [5.41, 5.74) is 2.45. The maximum atomic E-state index is 12.7. The Morgan fingerprint density at radius 1 is 1.06 bits per heavy atom. The summed E-state index contributed by atoms with van der Waals surface area (Å²) in [6.45, 7) is -0.0883. The van der Waals surface area contributed by atoms with Gasteiger partial charge < -0.3 is 19.7 Å². The smallest absolute Gasteiger partial charge is 0.244 e. The van der Waals surface area contributed by atoms with E-state index in [1.807, 2.05) is 48.5 Å². The van der Waals surface area contributed by atoms with Crippen LogP contribution in [0.2, 0.25) is 0 Å². The molecule has 0 fully saturated rings. The number of aromatic hydroxyl groups is 1. The van der Waals surface area contributed by atoms with Gasteiger partial charge in [0.1, 0.15) is 12.3 Å². The number of nitrogens with zero attached hydrogens (tertiary/aromatic N) is 4. The van der Waals surface area contributed by atoms with Gasteiger partial charge in [0.05, 0.1) is 22.8 Å². The Hall–Kier alpha value is -4.24. The van der Waals surface area contributed by atoms with E-state index < -0.39 is 0 Å². The minimum Gasteiger partial charge on any atom is -0.497 e. The molecule has 0 saturated carbocycles. The van der Waals surface area contributed by atoms with E-state index in [1.165, 1.54) is 15.9 Å². The molecule has 1 amide bonds. The van der Waals surface area contributed by atoms with E-state index in [4.69, 9.17) is 4.74 Å². The van der Waals surface area contributed by atoms with Gasteiger partial charge in [0.15, 0.2) is 5.69 Å². The van der Waals surface area contributed by atoms with Gasteiger partial charge in [-0.05, 0) is 42.5 Å². The van der Waals surface area contributed by atoms with Crippen molar-refractivity contribution in [2.45, 2.75) is 6.54 Å². The molecule has 5 rings (SSSR count). The summed E-state index contributed by atoms with van der Waals surface area (Å²) < 4.78 is 7.66. The van der Waals surface area contributed by atoms with Crippen molar-refractivity contribution in [1.29, 1.82) is 0 Å². The normalized spacial score (nSPS) is 11.4. The highest BCUT2D eigenvalue weighted by Crippen LogP contribution is 2.40. The molecule has 0 aliphatic heterocycles. The highest BCUT2D eigenvalue weighted by molar-refractivity contribution is 7.21. The van der Waals surface area contributed by atoms with Crippen LogP contribution in [0.4, 0.5) is 16.5 Å². The Morgan fingerprint density at radius 2 is 1.82 bits per heavy atom. The summed E-state index contributed by atoms with van der Waals surface area (Å²) in [5.74, 6) is 0.280. The van der Waals surface area contributed by atoms with Crippen molar-refractivity contribution < 1.29 is 14.6 Å². The number of fused-ring (bicyclic) bond motifs is 2. The monoisotopic (exact) mass is 457 g/mol. The number of amides is 1. The van der Waals surface area contributed by atoms with Gasteiger partial charge >= 0.3 is 0 Å². The lowest BCUT2D eigenvalue weighted by Gasteiger charge is -2.09. The second-order valence-electron chi connectivity index (χ2n) is 7.22. The van der Waals surface area contributed by atoms with Crippen LogP contribution >= 0.6 is 11.3 Å². The number of hydrogen-bond acceptors (Lipinski definition) is 7. The number of benzene rings is 3. The topological polar surface area (TPSA) is 101 Å². The molecule has 164 valence electrons. The van der Waals surface area contributed by atoms with Gasteiger partial charge in [0.2, 0.25) is 16.9 Å². The Bertz CT molecular complexity index is 1450. The van der Waals surface area contributed by atoms with Crippen molar-refractivity contribution in [3.63, 3.8) is 0 Å². The zero-order chi connectivity index (χ0) is 22.8. The summed E-state index contributed by atoms with van der Waals surface area (Å²) >= 11 is 1.42. The van der Waals surface area contributed by atoms with E-state index in [1.54, 1.807) is 31.4 Å². The van der Waals surface area contributed by atoms with Crippen LogP contribution in [0.25, 0.3) is 21.1 Å². The Kier molecular flexibility index (Phi) is 5.45. The summed E-state index contributed by atoms with van der Waals surface area (Å²) in [5, 5.41) is 23.5. The van der Waals surface area contributed by atoms with E-state index in [0.29, 0.717) is 33.2 Å². The fourth-order valence-electron chi connectivity index (χ4n) is 3.54. The summed E-state index contributed by atoms with van der Waals surface area (Å²) in [6.07, 6.45) is 0. The molecule has 0 saturated heterocycles. The second kappa shape index (κ2) is 8.71. The molecule has 0 radical (unpaired) electrons. The number of ether oxygens (including phenoxy) is 1. The number of rotatable bonds is 6. The average molecular weight is 458 g/mol. The minimum atomic E-state index is -0.286. The van der Waals surface area contributed by atoms with Gasteiger partial charge in [-0.3, -0.25) is 4.79 Å². The van der Waals surface area contributed by atoms with E-state index in [-0.39, 0.29) is 18.3 Å². The average Bonchev–Trinajstić information content (AvgIpc) is 3.37. The maximum Gasteiger partial charge on any atom is 0.244 e. The van der Waals surface area contributed by atoms with E-state index in [9.17, 15) is 9.90 Å². The number of para-hydroxylation sites is 2. The first-order valence-corrected chi connectivity index (χ1v) is 11.0. The number of carbonyl (C=O) groups excluding carboxylic acids is 1. The first kappa shape index (κ1) is 20.7. The minimum absolute atomic E-state index is 0.0883. The molecule has 8 nitrogen and oxygen atoms in total. The molecule has 2 N–H and O–H groups in total. The number of nitrogens with one attached hydrogen (secondary N) is 1. The zero-order valence-electron chi connectivity index (χ0n) is 17.6. The summed E-state index contributed by atoms with van der Waals surface area (Å²) in [4.78, 5) is 17.1. The van der Waals surface area contributed by atoms with Crippen molar-refractivity contribution in [2.75, 3.05) is 12.4 Å². The molecule has 0 aliphatic carbocycles. The molecular weight excluding hydrogens is 438 g/mol. The Labute approximate surface area is 192 Å². The van der Waals surface area contributed by atoms with Crippen LogP contribution in [0.15, 0.2) is 83.0 Å². The first-order valence-electron chi connectivity index (χ1n) is 10.1. The summed E-state index contributed by atoms with van der Waals surface area (Å²) in [6, 6.07) is 22.1. The third-order valence-electron chi connectivity index (χ3n) is 5.11. The molecule has 3 aromatic carbocycles. The fraction of sp³-hybridized carbons (Fsp3) is 0.0833. The Balaban J connectivity index is 1.43. The maximum absolute atomic E-state index is 12.7. The van der Waals surface area contributed by atoms with Crippen LogP contribution < -0.4 is 10.1 Å². The number of azo groups is 1. The van der Waals surface area contributed by atoms with Gasteiger partial charge in [-0.1, -0.05) is 41.7 Å². The molecule has 2 aromatic heterocycles. The van der Waals surface area contributed by atoms with E-state index >= 15 is 0 Å². The number of aromatic nitrogens is 2. The predicted octanol–water partition coefficient (Wildman–Crippen LogP) is 6.02. The third-order valence-corrected chi connectivity index (χ3v) is 6.03. The molecule has 2 heterocycles. The van der Waals surface area contributed by atoms with Crippen LogP contribution in [0.3, 0.4) is 0 Å². The van der Waals surface area contributed by atoms with Gasteiger partial charge in [-0.2, -0.15) is 0 Å². The van der Waals surface area contributed by atoms with Crippen molar-refractivity contribution in [3.8, 4) is 11.6 Å².